The lowest BCUT2D eigenvalue weighted by atomic mass is 10.1. The standard InChI is InChI=1S/C15H11F3N2O4/c1-24-14-3-2-8(4-12(14)18)7-19-15(21)9-5-10(16)11(17)6-13(9)20(22)23/h2-6H,7H2,1H3,(H,19,21). The Morgan fingerprint density at radius 3 is 2.42 bits per heavy atom. The third-order valence-corrected chi connectivity index (χ3v) is 3.15. The van der Waals surface area contributed by atoms with E-state index in [2.05, 4.69) is 5.32 Å². The number of benzene rings is 2. The van der Waals surface area contributed by atoms with Gasteiger partial charge in [-0.25, -0.2) is 13.2 Å². The zero-order valence-corrected chi connectivity index (χ0v) is 12.3. The molecule has 0 saturated heterocycles. The second kappa shape index (κ2) is 6.99. The summed E-state index contributed by atoms with van der Waals surface area (Å²) in [7, 11) is 1.29. The Morgan fingerprint density at radius 2 is 1.83 bits per heavy atom. The molecule has 0 saturated carbocycles. The fourth-order valence-corrected chi connectivity index (χ4v) is 1.97. The molecule has 0 fully saturated rings. The highest BCUT2D eigenvalue weighted by Gasteiger charge is 2.23. The third-order valence-electron chi connectivity index (χ3n) is 3.15. The molecule has 1 amide bonds. The lowest BCUT2D eigenvalue weighted by molar-refractivity contribution is -0.385. The first-order valence-corrected chi connectivity index (χ1v) is 6.57. The number of nitrogens with one attached hydrogen (secondary N) is 1. The van der Waals surface area contributed by atoms with Crippen LogP contribution < -0.4 is 10.1 Å². The monoisotopic (exact) mass is 340 g/mol. The fourth-order valence-electron chi connectivity index (χ4n) is 1.97. The number of ether oxygens (including phenoxy) is 1. The summed E-state index contributed by atoms with van der Waals surface area (Å²) in [5.74, 6) is -4.45. The second-order valence-electron chi connectivity index (χ2n) is 4.69. The molecule has 1 N–H and O–H groups in total. The van der Waals surface area contributed by atoms with Gasteiger partial charge >= 0.3 is 0 Å². The van der Waals surface area contributed by atoms with Crippen molar-refractivity contribution in [1.82, 2.24) is 5.32 Å². The van der Waals surface area contributed by atoms with Gasteiger partial charge in [0.2, 0.25) is 0 Å². The average Bonchev–Trinajstić information content (AvgIpc) is 2.54. The number of hydrogen-bond acceptors (Lipinski definition) is 4. The van der Waals surface area contributed by atoms with Gasteiger partial charge in [-0.1, -0.05) is 6.07 Å². The van der Waals surface area contributed by atoms with E-state index in [-0.39, 0.29) is 12.3 Å². The van der Waals surface area contributed by atoms with Gasteiger partial charge in [0.15, 0.2) is 23.2 Å². The Labute approximate surface area is 134 Å². The van der Waals surface area contributed by atoms with Crippen LogP contribution in [-0.2, 0) is 6.54 Å². The number of halogens is 3. The summed E-state index contributed by atoms with van der Waals surface area (Å²) in [5.41, 5.74) is -1.15. The van der Waals surface area contributed by atoms with E-state index in [1.165, 1.54) is 19.2 Å². The van der Waals surface area contributed by atoms with Gasteiger partial charge in [0.05, 0.1) is 18.1 Å². The number of amides is 1. The molecule has 0 aromatic heterocycles. The lowest BCUT2D eigenvalue weighted by Gasteiger charge is -2.08. The highest BCUT2D eigenvalue weighted by molar-refractivity contribution is 5.98. The molecule has 9 heteroatoms. The minimum atomic E-state index is -1.43. The van der Waals surface area contributed by atoms with Crippen molar-refractivity contribution in [1.29, 1.82) is 0 Å². The van der Waals surface area contributed by atoms with Crippen molar-refractivity contribution < 1.29 is 27.6 Å². The van der Waals surface area contributed by atoms with Crippen LogP contribution in [0.3, 0.4) is 0 Å². The van der Waals surface area contributed by atoms with E-state index in [1.54, 1.807) is 0 Å². The van der Waals surface area contributed by atoms with Crippen molar-refractivity contribution in [2.45, 2.75) is 6.54 Å². The van der Waals surface area contributed by atoms with Crippen molar-refractivity contribution in [2.75, 3.05) is 7.11 Å². The molecule has 0 heterocycles. The number of methoxy groups -OCH3 is 1. The van der Waals surface area contributed by atoms with Crippen molar-refractivity contribution in [3.8, 4) is 5.75 Å². The molecule has 0 spiro atoms. The third kappa shape index (κ3) is 3.62. The summed E-state index contributed by atoms with van der Waals surface area (Å²) in [6.07, 6.45) is 0. The van der Waals surface area contributed by atoms with E-state index in [1.807, 2.05) is 0 Å². The van der Waals surface area contributed by atoms with E-state index in [0.29, 0.717) is 17.7 Å². The number of hydrogen-bond donors (Lipinski definition) is 1. The van der Waals surface area contributed by atoms with Gasteiger partial charge in [-0.05, 0) is 23.8 Å². The maximum absolute atomic E-state index is 13.5. The maximum Gasteiger partial charge on any atom is 0.285 e. The SMILES string of the molecule is COc1ccc(CNC(=O)c2cc(F)c(F)cc2[N+](=O)[O-])cc1F. The molecule has 126 valence electrons. The minimum Gasteiger partial charge on any atom is -0.494 e. The van der Waals surface area contributed by atoms with Crippen LogP contribution >= 0.6 is 0 Å². The van der Waals surface area contributed by atoms with E-state index >= 15 is 0 Å². The fraction of sp³-hybridized carbons (Fsp3) is 0.133. The van der Waals surface area contributed by atoms with Crippen LogP contribution in [0.5, 0.6) is 5.75 Å². The zero-order chi connectivity index (χ0) is 17.9. The quantitative estimate of drug-likeness (QED) is 0.670. The first kappa shape index (κ1) is 17.3. The number of nitrogens with zero attached hydrogens (tertiary/aromatic N) is 1. The molecule has 6 nitrogen and oxygen atoms in total. The molecule has 0 bridgehead atoms. The van der Waals surface area contributed by atoms with Gasteiger partial charge in [-0.2, -0.15) is 0 Å². The van der Waals surface area contributed by atoms with E-state index in [4.69, 9.17) is 4.74 Å². The normalized spacial score (nSPS) is 10.3. The second-order valence-corrected chi connectivity index (χ2v) is 4.69. The summed E-state index contributed by atoms with van der Waals surface area (Å²) in [5, 5.41) is 13.1. The highest BCUT2D eigenvalue weighted by Crippen LogP contribution is 2.22. The Balaban J connectivity index is 2.20. The maximum atomic E-state index is 13.5. The summed E-state index contributed by atoms with van der Waals surface area (Å²) >= 11 is 0. The number of rotatable bonds is 5. The molecule has 2 aromatic rings. The first-order valence-electron chi connectivity index (χ1n) is 6.57. The van der Waals surface area contributed by atoms with Crippen LogP contribution in [-0.4, -0.2) is 17.9 Å². The average molecular weight is 340 g/mol. The molecule has 0 aliphatic rings. The molecular formula is C15H11F3N2O4. The van der Waals surface area contributed by atoms with Crippen molar-refractivity contribution >= 4 is 11.6 Å². The van der Waals surface area contributed by atoms with Gasteiger partial charge in [0, 0.05) is 6.54 Å². The topological polar surface area (TPSA) is 81.5 Å². The van der Waals surface area contributed by atoms with Crippen LogP contribution in [0.2, 0.25) is 0 Å². The number of nitro groups is 1. The molecule has 2 aromatic carbocycles. The van der Waals surface area contributed by atoms with Gasteiger partial charge in [-0.15, -0.1) is 0 Å². The molecule has 24 heavy (non-hydrogen) atoms. The van der Waals surface area contributed by atoms with Crippen molar-refractivity contribution in [3.05, 3.63) is 69.0 Å². The Kier molecular flexibility index (Phi) is 5.02. The molecular weight excluding hydrogens is 329 g/mol. The number of carbonyl (C=O) groups excluding carboxylic acids is 1. The molecule has 0 unspecified atom stereocenters. The predicted octanol–water partition coefficient (Wildman–Crippen LogP) is 2.95. The Bertz CT molecular complexity index is 812. The van der Waals surface area contributed by atoms with Crippen molar-refractivity contribution in [3.63, 3.8) is 0 Å². The minimum absolute atomic E-state index is 0.0151. The molecule has 0 radical (unpaired) electrons. The smallest absolute Gasteiger partial charge is 0.285 e. The molecule has 2 rings (SSSR count). The summed E-state index contributed by atoms with van der Waals surface area (Å²) in [6.45, 7) is -0.171. The van der Waals surface area contributed by atoms with Crippen LogP contribution in [0.25, 0.3) is 0 Å². The Hall–Kier alpha value is -3.10. The predicted molar refractivity (Wildman–Crippen MR) is 77.1 cm³/mol. The van der Waals surface area contributed by atoms with E-state index in [9.17, 15) is 28.1 Å². The number of nitro benzene ring substituents is 1. The van der Waals surface area contributed by atoms with Crippen molar-refractivity contribution in [2.24, 2.45) is 0 Å². The molecule has 0 aliphatic carbocycles. The van der Waals surface area contributed by atoms with Gasteiger partial charge in [-0.3, -0.25) is 14.9 Å². The van der Waals surface area contributed by atoms with Crippen LogP contribution in [0, 0.1) is 27.6 Å². The van der Waals surface area contributed by atoms with Crippen LogP contribution in [0.1, 0.15) is 15.9 Å². The molecule has 0 atom stereocenters. The number of carbonyl (C=O) groups is 1. The highest BCUT2D eigenvalue weighted by atomic mass is 19.2. The summed E-state index contributed by atoms with van der Waals surface area (Å²) in [6, 6.07) is 4.70. The van der Waals surface area contributed by atoms with E-state index < -0.39 is 39.5 Å². The van der Waals surface area contributed by atoms with Crippen LogP contribution in [0.15, 0.2) is 30.3 Å². The van der Waals surface area contributed by atoms with Gasteiger partial charge in [0.1, 0.15) is 5.56 Å². The summed E-state index contributed by atoms with van der Waals surface area (Å²) < 4.78 is 44.6. The van der Waals surface area contributed by atoms with E-state index in [0.717, 1.165) is 6.07 Å². The largest absolute Gasteiger partial charge is 0.494 e. The lowest BCUT2D eigenvalue weighted by Crippen LogP contribution is -2.24. The van der Waals surface area contributed by atoms with Crippen LogP contribution in [0.4, 0.5) is 18.9 Å². The first-order chi connectivity index (χ1) is 11.3. The Morgan fingerprint density at radius 1 is 1.17 bits per heavy atom. The summed E-state index contributed by atoms with van der Waals surface area (Å²) in [4.78, 5) is 21.8. The van der Waals surface area contributed by atoms with Gasteiger partial charge in [0.25, 0.3) is 11.6 Å². The molecule has 0 aliphatic heterocycles. The van der Waals surface area contributed by atoms with Gasteiger partial charge < -0.3 is 10.1 Å². The zero-order valence-electron chi connectivity index (χ0n) is 12.3.